The third kappa shape index (κ3) is 6.04. The number of nitrogens with one attached hydrogen (secondary N) is 2. The zero-order chi connectivity index (χ0) is 25.8. The first-order chi connectivity index (χ1) is 18.0. The van der Waals surface area contributed by atoms with E-state index in [-0.39, 0.29) is 11.8 Å². The molecule has 1 aliphatic heterocycles. The van der Waals surface area contributed by atoms with Gasteiger partial charge in [0.05, 0.1) is 43.2 Å². The number of methoxy groups -OCH3 is 1. The number of pyridine rings is 1. The van der Waals surface area contributed by atoms with Crippen molar-refractivity contribution in [2.75, 3.05) is 30.5 Å². The summed E-state index contributed by atoms with van der Waals surface area (Å²) in [7, 11) is 3.41. The highest BCUT2D eigenvalue weighted by molar-refractivity contribution is 7.14. The third-order valence-corrected chi connectivity index (χ3v) is 7.92. The lowest BCUT2D eigenvalue weighted by molar-refractivity contribution is -0.118. The van der Waals surface area contributed by atoms with E-state index in [0.29, 0.717) is 54.2 Å². The van der Waals surface area contributed by atoms with Gasteiger partial charge in [-0.2, -0.15) is 5.10 Å². The predicted octanol–water partition coefficient (Wildman–Crippen LogP) is 3.60. The van der Waals surface area contributed by atoms with E-state index >= 15 is 0 Å². The van der Waals surface area contributed by atoms with Gasteiger partial charge in [-0.25, -0.2) is 4.98 Å². The number of rotatable bonds is 9. The lowest BCUT2D eigenvalue weighted by Crippen LogP contribution is -2.44. The largest absolute Gasteiger partial charge is 0.495 e. The summed E-state index contributed by atoms with van der Waals surface area (Å²) >= 11 is 1.43. The lowest BCUT2D eigenvalue weighted by atomic mass is 9.97. The van der Waals surface area contributed by atoms with E-state index in [0.717, 1.165) is 23.4 Å². The molecule has 1 aliphatic carbocycles. The highest BCUT2D eigenvalue weighted by Gasteiger charge is 2.28. The maximum Gasteiger partial charge on any atom is 0.262 e. The molecule has 1 atom stereocenters. The molecule has 5 rings (SSSR count). The second kappa shape index (κ2) is 11.2. The molecule has 0 bridgehead atoms. The van der Waals surface area contributed by atoms with Crippen LogP contribution in [0.3, 0.4) is 0 Å². The van der Waals surface area contributed by atoms with Crippen LogP contribution in [0.15, 0.2) is 36.8 Å². The van der Waals surface area contributed by atoms with Crippen LogP contribution in [0.5, 0.6) is 11.6 Å². The topological polar surface area (TPSA) is 111 Å². The quantitative estimate of drug-likeness (QED) is 0.440. The first kappa shape index (κ1) is 25.1. The molecule has 10 nitrogen and oxygen atoms in total. The van der Waals surface area contributed by atoms with Gasteiger partial charge in [-0.15, -0.1) is 11.3 Å². The van der Waals surface area contributed by atoms with Crippen molar-refractivity contribution in [3.63, 3.8) is 0 Å². The van der Waals surface area contributed by atoms with Crippen molar-refractivity contribution >= 4 is 34.5 Å². The second-order valence-corrected chi connectivity index (χ2v) is 10.7. The summed E-state index contributed by atoms with van der Waals surface area (Å²) < 4.78 is 12.6. The molecule has 196 valence electrons. The summed E-state index contributed by atoms with van der Waals surface area (Å²) in [6, 6.07) is 5.10. The number of ether oxygens (including phenoxy) is 2. The van der Waals surface area contributed by atoms with Crippen LogP contribution in [-0.2, 0) is 18.4 Å². The molecule has 3 aromatic rings. The van der Waals surface area contributed by atoms with Crippen LogP contribution in [-0.4, -0.2) is 52.9 Å². The van der Waals surface area contributed by atoms with Gasteiger partial charge in [-0.05, 0) is 24.5 Å². The van der Waals surface area contributed by atoms with Gasteiger partial charge < -0.3 is 25.0 Å². The van der Waals surface area contributed by atoms with Crippen molar-refractivity contribution in [1.82, 2.24) is 20.1 Å². The van der Waals surface area contributed by atoms with Gasteiger partial charge in [0.25, 0.3) is 5.91 Å². The number of hydrogen-bond donors (Lipinski definition) is 2. The SMILES string of the molecule is COc1cnc2c(c1)N(Cc1ccc(C(=O)N[C@@H](CC3CCCC3)C(=O)Nc3cnn(C)c3)s1)CCO2. The van der Waals surface area contributed by atoms with E-state index in [9.17, 15) is 9.59 Å². The molecule has 37 heavy (non-hydrogen) atoms. The van der Waals surface area contributed by atoms with Crippen LogP contribution in [0, 0.1) is 5.92 Å². The molecule has 4 heterocycles. The number of thiophene rings is 1. The van der Waals surface area contributed by atoms with Crippen LogP contribution >= 0.6 is 11.3 Å². The van der Waals surface area contributed by atoms with Crippen molar-refractivity contribution in [1.29, 1.82) is 0 Å². The van der Waals surface area contributed by atoms with Crippen LogP contribution in [0.1, 0.15) is 46.7 Å². The molecule has 0 saturated heterocycles. The molecular formula is C26H32N6O4S. The van der Waals surface area contributed by atoms with E-state index in [1.807, 2.05) is 18.2 Å². The summed E-state index contributed by atoms with van der Waals surface area (Å²) in [5.41, 5.74) is 1.49. The highest BCUT2D eigenvalue weighted by atomic mass is 32.1. The molecule has 1 saturated carbocycles. The van der Waals surface area contributed by atoms with Gasteiger partial charge in [0.2, 0.25) is 11.8 Å². The molecule has 2 aliphatic rings. The van der Waals surface area contributed by atoms with Gasteiger partial charge in [0.1, 0.15) is 24.1 Å². The molecule has 0 radical (unpaired) electrons. The number of fused-ring (bicyclic) bond motifs is 1. The second-order valence-electron chi connectivity index (χ2n) is 9.54. The normalized spacial score (nSPS) is 16.1. The van der Waals surface area contributed by atoms with Gasteiger partial charge >= 0.3 is 0 Å². The fourth-order valence-electron chi connectivity index (χ4n) is 4.94. The van der Waals surface area contributed by atoms with Gasteiger partial charge in [0.15, 0.2) is 0 Å². The summed E-state index contributed by atoms with van der Waals surface area (Å²) in [6.07, 6.45) is 10.2. The molecule has 2 N–H and O–H groups in total. The Labute approximate surface area is 220 Å². The Morgan fingerprint density at radius 2 is 2.11 bits per heavy atom. The van der Waals surface area contributed by atoms with Crippen LogP contribution in [0.2, 0.25) is 0 Å². The van der Waals surface area contributed by atoms with Gasteiger partial charge in [0, 0.05) is 24.2 Å². The highest BCUT2D eigenvalue weighted by Crippen LogP contribution is 2.34. The molecule has 11 heteroatoms. The Morgan fingerprint density at radius 1 is 1.27 bits per heavy atom. The lowest BCUT2D eigenvalue weighted by Gasteiger charge is -2.30. The number of carbonyl (C=O) groups is 2. The van der Waals surface area contributed by atoms with Crippen LogP contribution in [0.4, 0.5) is 11.4 Å². The Balaban J connectivity index is 1.26. The number of anilines is 2. The minimum absolute atomic E-state index is 0.212. The van der Waals surface area contributed by atoms with Crippen molar-refractivity contribution in [2.45, 2.75) is 44.7 Å². The van der Waals surface area contributed by atoms with Crippen LogP contribution < -0.4 is 25.0 Å². The van der Waals surface area contributed by atoms with Crippen molar-refractivity contribution in [2.24, 2.45) is 13.0 Å². The Kier molecular flexibility index (Phi) is 7.59. The van der Waals surface area contributed by atoms with Crippen molar-refractivity contribution < 1.29 is 19.1 Å². The number of carbonyl (C=O) groups excluding carboxylic acids is 2. The number of nitrogens with zero attached hydrogens (tertiary/aromatic N) is 4. The van der Waals surface area contributed by atoms with E-state index in [2.05, 4.69) is 25.6 Å². The van der Waals surface area contributed by atoms with E-state index < -0.39 is 6.04 Å². The molecular weight excluding hydrogens is 492 g/mol. The van der Waals surface area contributed by atoms with Crippen LogP contribution in [0.25, 0.3) is 0 Å². The summed E-state index contributed by atoms with van der Waals surface area (Å²) in [6.45, 7) is 1.87. The van der Waals surface area contributed by atoms with Crippen molar-refractivity contribution in [3.8, 4) is 11.6 Å². The Hall–Kier alpha value is -3.60. The van der Waals surface area contributed by atoms with Crippen molar-refractivity contribution in [3.05, 3.63) is 46.5 Å². The summed E-state index contributed by atoms with van der Waals surface area (Å²) in [5.74, 6) is 1.24. The molecule has 0 unspecified atom stereocenters. The fraction of sp³-hybridized carbons (Fsp3) is 0.462. The average Bonchev–Trinajstić information content (AvgIpc) is 3.67. The zero-order valence-corrected chi connectivity index (χ0v) is 21.9. The Bertz CT molecular complexity index is 1250. The minimum atomic E-state index is -0.606. The van der Waals surface area contributed by atoms with E-state index in [1.165, 1.54) is 24.2 Å². The van der Waals surface area contributed by atoms with E-state index in [1.54, 1.807) is 37.4 Å². The van der Waals surface area contributed by atoms with E-state index in [4.69, 9.17) is 9.47 Å². The summed E-state index contributed by atoms with van der Waals surface area (Å²) in [5, 5.41) is 10.0. The first-order valence-electron chi connectivity index (χ1n) is 12.6. The fourth-order valence-corrected chi connectivity index (χ4v) is 5.86. The molecule has 3 aromatic heterocycles. The first-order valence-corrected chi connectivity index (χ1v) is 13.4. The minimum Gasteiger partial charge on any atom is -0.495 e. The maximum atomic E-state index is 13.2. The predicted molar refractivity (Wildman–Crippen MR) is 141 cm³/mol. The molecule has 2 amide bonds. The number of aryl methyl sites for hydroxylation is 1. The molecule has 0 spiro atoms. The smallest absolute Gasteiger partial charge is 0.262 e. The van der Waals surface area contributed by atoms with Gasteiger partial charge in [-0.1, -0.05) is 25.7 Å². The monoisotopic (exact) mass is 524 g/mol. The van der Waals surface area contributed by atoms with Gasteiger partial charge in [-0.3, -0.25) is 14.3 Å². The standard InChI is InChI=1S/C26H32N6O4S/c1-31-15-18(13-28-31)29-24(33)21(11-17-5-3-4-6-17)30-25(34)23-8-7-20(37-23)16-32-9-10-36-26-22(32)12-19(35-2)14-27-26/h7-8,12-15,17,21H,3-6,9-11,16H2,1-2H3,(H,29,33)(H,30,34)/t21-/m0/s1. The summed E-state index contributed by atoms with van der Waals surface area (Å²) in [4.78, 5) is 34.5. The zero-order valence-electron chi connectivity index (χ0n) is 21.1. The molecule has 1 fully saturated rings. The number of hydrogen-bond acceptors (Lipinski definition) is 8. The third-order valence-electron chi connectivity index (χ3n) is 6.85. The number of aromatic nitrogens is 3. The Morgan fingerprint density at radius 3 is 2.86 bits per heavy atom. The molecule has 0 aromatic carbocycles. The maximum absolute atomic E-state index is 13.2. The number of amides is 2. The average molecular weight is 525 g/mol.